The average Bonchev–Trinajstić information content (AvgIpc) is 2.89. The quantitative estimate of drug-likeness (QED) is 0.924. The van der Waals surface area contributed by atoms with E-state index in [1.54, 1.807) is 42.5 Å². The van der Waals surface area contributed by atoms with Gasteiger partial charge in [-0.25, -0.2) is 8.42 Å². The lowest BCUT2D eigenvalue weighted by molar-refractivity contribution is 0.102. The van der Waals surface area contributed by atoms with Crippen molar-refractivity contribution in [2.75, 3.05) is 21.9 Å². The van der Waals surface area contributed by atoms with E-state index in [2.05, 4.69) is 5.32 Å². The molecule has 0 aliphatic carbocycles. The predicted octanol–water partition coefficient (Wildman–Crippen LogP) is 3.13. The van der Waals surface area contributed by atoms with E-state index in [-0.39, 0.29) is 11.7 Å². The van der Waals surface area contributed by atoms with Crippen molar-refractivity contribution in [3.05, 3.63) is 59.1 Å². The van der Waals surface area contributed by atoms with E-state index in [4.69, 9.17) is 11.6 Å². The molecule has 1 aliphatic rings. The van der Waals surface area contributed by atoms with Gasteiger partial charge in [-0.1, -0.05) is 29.8 Å². The van der Waals surface area contributed by atoms with Gasteiger partial charge >= 0.3 is 0 Å². The third-order valence-electron chi connectivity index (χ3n) is 3.62. The third-order valence-corrected chi connectivity index (χ3v) is 5.81. The van der Waals surface area contributed by atoms with Crippen molar-refractivity contribution < 1.29 is 13.2 Å². The van der Waals surface area contributed by atoms with Gasteiger partial charge in [-0.05, 0) is 36.8 Å². The first kappa shape index (κ1) is 15.8. The van der Waals surface area contributed by atoms with Crippen LogP contribution in [0.1, 0.15) is 16.8 Å². The Labute approximate surface area is 139 Å². The number of hydrogen-bond donors (Lipinski definition) is 1. The number of sulfonamides is 1. The number of halogens is 1. The minimum atomic E-state index is -3.25. The van der Waals surface area contributed by atoms with Gasteiger partial charge in [0.15, 0.2) is 0 Å². The first-order valence-corrected chi connectivity index (χ1v) is 9.12. The number of hydrogen-bond acceptors (Lipinski definition) is 3. The number of nitrogens with one attached hydrogen (secondary N) is 1. The molecule has 1 N–H and O–H groups in total. The molecule has 0 saturated carbocycles. The Hall–Kier alpha value is -2.05. The summed E-state index contributed by atoms with van der Waals surface area (Å²) in [5.74, 6) is -0.119. The summed E-state index contributed by atoms with van der Waals surface area (Å²) in [6.45, 7) is 0.453. The zero-order chi connectivity index (χ0) is 16.4. The molecule has 0 aromatic heterocycles. The molecule has 0 radical (unpaired) electrons. The number of benzene rings is 2. The van der Waals surface area contributed by atoms with E-state index in [0.29, 0.717) is 34.9 Å². The second-order valence-corrected chi connectivity index (χ2v) is 7.65. The number of anilines is 2. The molecular formula is C16H15ClN2O3S. The maximum absolute atomic E-state index is 12.1. The molecule has 1 aliphatic heterocycles. The Morgan fingerprint density at radius 3 is 2.48 bits per heavy atom. The first-order chi connectivity index (χ1) is 11.0. The molecule has 3 rings (SSSR count). The molecule has 120 valence electrons. The monoisotopic (exact) mass is 350 g/mol. The Morgan fingerprint density at radius 1 is 1.13 bits per heavy atom. The molecule has 5 nitrogen and oxygen atoms in total. The fourth-order valence-electron chi connectivity index (χ4n) is 2.47. The highest BCUT2D eigenvalue weighted by atomic mass is 35.5. The van der Waals surface area contributed by atoms with Crippen molar-refractivity contribution in [1.29, 1.82) is 0 Å². The number of amides is 1. The number of carbonyl (C=O) groups excluding carboxylic acids is 1. The first-order valence-electron chi connectivity index (χ1n) is 7.14. The van der Waals surface area contributed by atoms with Crippen molar-refractivity contribution in [2.24, 2.45) is 0 Å². The second kappa shape index (κ2) is 6.22. The van der Waals surface area contributed by atoms with Crippen molar-refractivity contribution in [1.82, 2.24) is 0 Å². The Kier molecular flexibility index (Phi) is 4.28. The maximum atomic E-state index is 12.1. The lowest BCUT2D eigenvalue weighted by Gasteiger charge is -2.18. The largest absolute Gasteiger partial charge is 0.321 e. The van der Waals surface area contributed by atoms with Crippen LogP contribution in [0.5, 0.6) is 0 Å². The molecule has 2 aromatic carbocycles. The summed E-state index contributed by atoms with van der Waals surface area (Å²) in [5.41, 5.74) is 1.49. The molecule has 1 fully saturated rings. The second-order valence-electron chi connectivity index (χ2n) is 5.23. The summed E-state index contributed by atoms with van der Waals surface area (Å²) >= 11 is 6.20. The summed E-state index contributed by atoms with van der Waals surface area (Å²) in [4.78, 5) is 12.1. The Bertz CT molecular complexity index is 838. The van der Waals surface area contributed by atoms with Gasteiger partial charge in [-0.3, -0.25) is 9.10 Å². The fraction of sp³-hybridized carbons (Fsp3) is 0.188. The highest BCUT2D eigenvalue weighted by Crippen LogP contribution is 2.31. The summed E-state index contributed by atoms with van der Waals surface area (Å²) in [6, 6.07) is 13.6. The SMILES string of the molecule is O=C(Nc1ccc(N2CCCS2(=O)=O)cc1Cl)c1ccccc1. The Balaban J connectivity index is 1.82. The van der Waals surface area contributed by atoms with E-state index < -0.39 is 10.0 Å². The van der Waals surface area contributed by atoms with Gasteiger partial charge in [0.25, 0.3) is 5.91 Å². The summed E-state index contributed by atoms with van der Waals surface area (Å²) in [5, 5.41) is 3.03. The average molecular weight is 351 g/mol. The van der Waals surface area contributed by atoms with E-state index in [9.17, 15) is 13.2 Å². The van der Waals surface area contributed by atoms with E-state index in [1.165, 1.54) is 4.31 Å². The molecular weight excluding hydrogens is 336 g/mol. The van der Waals surface area contributed by atoms with E-state index in [1.807, 2.05) is 6.07 Å². The van der Waals surface area contributed by atoms with Crippen molar-refractivity contribution in [3.8, 4) is 0 Å². The zero-order valence-corrected chi connectivity index (χ0v) is 13.8. The third kappa shape index (κ3) is 3.33. The molecule has 1 heterocycles. The maximum Gasteiger partial charge on any atom is 0.255 e. The van der Waals surface area contributed by atoms with Gasteiger partial charge in [-0.2, -0.15) is 0 Å². The highest BCUT2D eigenvalue weighted by Gasteiger charge is 2.28. The minimum absolute atomic E-state index is 0.150. The van der Waals surface area contributed by atoms with Crippen LogP contribution in [0.15, 0.2) is 48.5 Å². The van der Waals surface area contributed by atoms with Gasteiger partial charge in [0, 0.05) is 12.1 Å². The molecule has 23 heavy (non-hydrogen) atoms. The molecule has 1 saturated heterocycles. The lowest BCUT2D eigenvalue weighted by atomic mass is 10.2. The summed E-state index contributed by atoms with van der Waals surface area (Å²) in [6.07, 6.45) is 0.604. The molecule has 0 spiro atoms. The Morgan fingerprint density at radius 2 is 1.87 bits per heavy atom. The van der Waals surface area contributed by atoms with Crippen LogP contribution in [-0.4, -0.2) is 26.6 Å². The van der Waals surface area contributed by atoms with Gasteiger partial charge in [0.05, 0.1) is 22.2 Å². The van der Waals surface area contributed by atoms with Crippen LogP contribution in [0.2, 0.25) is 5.02 Å². The summed E-state index contributed by atoms with van der Waals surface area (Å²) < 4.78 is 25.2. The predicted molar refractivity (Wildman–Crippen MR) is 91.6 cm³/mol. The van der Waals surface area contributed by atoms with Crippen LogP contribution >= 0.6 is 11.6 Å². The number of nitrogens with zero attached hydrogens (tertiary/aromatic N) is 1. The van der Waals surface area contributed by atoms with Crippen LogP contribution in [0, 0.1) is 0 Å². The fourth-order valence-corrected chi connectivity index (χ4v) is 4.25. The highest BCUT2D eigenvalue weighted by molar-refractivity contribution is 7.93. The molecule has 0 bridgehead atoms. The van der Waals surface area contributed by atoms with Gasteiger partial charge in [0.2, 0.25) is 10.0 Å². The van der Waals surface area contributed by atoms with Crippen LogP contribution in [0.3, 0.4) is 0 Å². The van der Waals surface area contributed by atoms with Crippen LogP contribution in [0.4, 0.5) is 11.4 Å². The summed E-state index contributed by atoms with van der Waals surface area (Å²) in [7, 11) is -3.25. The smallest absolute Gasteiger partial charge is 0.255 e. The lowest BCUT2D eigenvalue weighted by Crippen LogP contribution is -2.25. The normalized spacial score (nSPS) is 16.3. The minimum Gasteiger partial charge on any atom is -0.321 e. The van der Waals surface area contributed by atoms with Crippen molar-refractivity contribution in [3.63, 3.8) is 0 Å². The van der Waals surface area contributed by atoms with Crippen molar-refractivity contribution >= 4 is 38.9 Å². The van der Waals surface area contributed by atoms with Gasteiger partial charge in [0.1, 0.15) is 0 Å². The molecule has 2 aromatic rings. The molecule has 1 amide bonds. The number of rotatable bonds is 3. The van der Waals surface area contributed by atoms with E-state index >= 15 is 0 Å². The van der Waals surface area contributed by atoms with Crippen LogP contribution in [0.25, 0.3) is 0 Å². The zero-order valence-electron chi connectivity index (χ0n) is 12.2. The molecule has 7 heteroatoms. The standard InChI is InChI=1S/C16H15ClN2O3S/c17-14-11-13(19-9-4-10-23(19,21)22)7-8-15(14)18-16(20)12-5-2-1-3-6-12/h1-3,5-8,11H,4,9-10H2,(H,18,20). The van der Waals surface area contributed by atoms with Crippen LogP contribution < -0.4 is 9.62 Å². The van der Waals surface area contributed by atoms with Gasteiger partial charge in [-0.15, -0.1) is 0 Å². The van der Waals surface area contributed by atoms with Gasteiger partial charge < -0.3 is 5.32 Å². The van der Waals surface area contributed by atoms with Crippen molar-refractivity contribution in [2.45, 2.75) is 6.42 Å². The topological polar surface area (TPSA) is 66.5 Å². The van der Waals surface area contributed by atoms with Crippen LogP contribution in [-0.2, 0) is 10.0 Å². The molecule has 0 atom stereocenters. The molecule has 0 unspecified atom stereocenters. The van der Waals surface area contributed by atoms with E-state index in [0.717, 1.165) is 0 Å². The number of carbonyl (C=O) groups is 1.